The Labute approximate surface area is 145 Å². The number of nitrogens with one attached hydrogen (secondary N) is 1. The van der Waals surface area contributed by atoms with E-state index in [4.69, 9.17) is 0 Å². The largest absolute Gasteiger partial charge is 0.507 e. The number of para-hydroxylation sites is 1. The Morgan fingerprint density at radius 3 is 2.92 bits per heavy atom. The number of hydrogen-bond acceptors (Lipinski definition) is 5. The first-order chi connectivity index (χ1) is 12.2. The average Bonchev–Trinajstić information content (AvgIpc) is 2.65. The summed E-state index contributed by atoms with van der Waals surface area (Å²) in [6.45, 7) is 0. The quantitative estimate of drug-likeness (QED) is 0.512. The van der Waals surface area contributed by atoms with Gasteiger partial charge in [0.2, 0.25) is 0 Å². The summed E-state index contributed by atoms with van der Waals surface area (Å²) in [5.74, 6) is -0.624. The highest BCUT2D eigenvalue weighted by Crippen LogP contribution is 2.20. The van der Waals surface area contributed by atoms with Crippen molar-refractivity contribution in [1.29, 1.82) is 5.26 Å². The van der Waals surface area contributed by atoms with Crippen molar-refractivity contribution in [2.75, 3.05) is 0 Å². The van der Waals surface area contributed by atoms with Gasteiger partial charge in [0.05, 0.1) is 11.4 Å². The Kier molecular flexibility index (Phi) is 4.86. The third-order valence-corrected chi connectivity index (χ3v) is 3.92. The number of aromatic nitrogens is 1. The Hall–Kier alpha value is -3.46. The highest BCUT2D eigenvalue weighted by Gasteiger charge is 2.17. The number of amides is 1. The summed E-state index contributed by atoms with van der Waals surface area (Å²) in [4.78, 5) is 16.6. The zero-order valence-electron chi connectivity index (χ0n) is 13.4. The highest BCUT2D eigenvalue weighted by molar-refractivity contribution is 6.05. The number of phenols is 1. The van der Waals surface area contributed by atoms with E-state index in [-0.39, 0.29) is 11.3 Å². The van der Waals surface area contributed by atoms with E-state index in [1.165, 1.54) is 12.1 Å². The van der Waals surface area contributed by atoms with Crippen LogP contribution in [0, 0.1) is 11.3 Å². The number of nitrogens with zero attached hydrogens (tertiary/aromatic N) is 3. The number of carbonyl (C=O) groups excluding carboxylic acids is 1. The van der Waals surface area contributed by atoms with Crippen LogP contribution in [-0.2, 0) is 11.2 Å². The van der Waals surface area contributed by atoms with Crippen molar-refractivity contribution in [2.24, 2.45) is 5.10 Å². The van der Waals surface area contributed by atoms with Crippen molar-refractivity contribution in [2.45, 2.75) is 19.3 Å². The fourth-order valence-electron chi connectivity index (χ4n) is 2.67. The van der Waals surface area contributed by atoms with Crippen molar-refractivity contribution in [3.8, 4) is 11.8 Å². The van der Waals surface area contributed by atoms with E-state index in [0.717, 1.165) is 30.5 Å². The summed E-state index contributed by atoms with van der Waals surface area (Å²) in [5.41, 5.74) is 5.28. The van der Waals surface area contributed by atoms with Crippen LogP contribution >= 0.6 is 0 Å². The predicted molar refractivity (Wildman–Crippen MR) is 93.6 cm³/mol. The number of nitriles is 1. The normalized spacial score (nSPS) is 15.3. The molecule has 0 bridgehead atoms. The summed E-state index contributed by atoms with van der Waals surface area (Å²) in [5, 5.41) is 23.1. The van der Waals surface area contributed by atoms with Gasteiger partial charge < -0.3 is 5.11 Å². The van der Waals surface area contributed by atoms with Crippen LogP contribution in [0.25, 0.3) is 6.08 Å². The summed E-state index contributed by atoms with van der Waals surface area (Å²) in [6, 6.07) is 12.2. The first-order valence-corrected chi connectivity index (χ1v) is 7.90. The molecule has 2 aromatic rings. The highest BCUT2D eigenvalue weighted by atomic mass is 16.3. The number of aryl methyl sites for hydroxylation is 1. The zero-order chi connectivity index (χ0) is 17.6. The molecule has 3 rings (SSSR count). The van der Waals surface area contributed by atoms with Gasteiger partial charge in [-0.15, -0.1) is 0 Å². The van der Waals surface area contributed by atoms with Crippen molar-refractivity contribution >= 4 is 17.7 Å². The number of aromatic hydroxyl groups is 1. The van der Waals surface area contributed by atoms with E-state index < -0.39 is 5.91 Å². The van der Waals surface area contributed by atoms with Crippen molar-refractivity contribution in [1.82, 2.24) is 10.4 Å². The second-order valence-corrected chi connectivity index (χ2v) is 5.59. The molecule has 6 nitrogen and oxygen atoms in total. The molecule has 1 heterocycles. The van der Waals surface area contributed by atoms with E-state index in [9.17, 15) is 15.2 Å². The summed E-state index contributed by atoms with van der Waals surface area (Å²) in [7, 11) is 0. The number of rotatable bonds is 3. The lowest BCUT2D eigenvalue weighted by Gasteiger charge is -2.16. The van der Waals surface area contributed by atoms with Crippen LogP contribution in [0.2, 0.25) is 0 Å². The lowest BCUT2D eigenvalue weighted by molar-refractivity contribution is -0.117. The maximum atomic E-state index is 12.2. The first kappa shape index (κ1) is 16.4. The molecule has 1 aromatic heterocycles. The molecule has 0 saturated carbocycles. The molecule has 0 radical (unpaired) electrons. The number of benzene rings is 1. The number of hydrogen-bond donors (Lipinski definition) is 2. The number of fused-ring (bicyclic) bond motifs is 1. The van der Waals surface area contributed by atoms with Crippen LogP contribution in [0.5, 0.6) is 5.75 Å². The van der Waals surface area contributed by atoms with E-state index >= 15 is 0 Å². The Balaban J connectivity index is 1.80. The smallest absolute Gasteiger partial charge is 0.282 e. The van der Waals surface area contributed by atoms with Gasteiger partial charge >= 0.3 is 0 Å². The molecular formula is C19H16N4O2. The van der Waals surface area contributed by atoms with Crippen LogP contribution in [0.15, 0.2) is 53.3 Å². The van der Waals surface area contributed by atoms with Gasteiger partial charge in [-0.05, 0) is 43.0 Å². The molecule has 25 heavy (non-hydrogen) atoms. The van der Waals surface area contributed by atoms with E-state index in [1.807, 2.05) is 18.2 Å². The van der Waals surface area contributed by atoms with E-state index in [1.54, 1.807) is 24.4 Å². The molecule has 1 amide bonds. The predicted octanol–water partition coefficient (Wildman–Crippen LogP) is 2.55. The fourth-order valence-corrected chi connectivity index (χ4v) is 2.67. The van der Waals surface area contributed by atoms with Crippen LogP contribution in [-0.4, -0.2) is 21.7 Å². The molecular weight excluding hydrogens is 316 g/mol. The molecule has 0 spiro atoms. The monoisotopic (exact) mass is 332 g/mol. The van der Waals surface area contributed by atoms with Crippen LogP contribution in [0.1, 0.15) is 29.7 Å². The average molecular weight is 332 g/mol. The zero-order valence-corrected chi connectivity index (χ0v) is 13.4. The lowest BCUT2D eigenvalue weighted by atomic mass is 9.95. The Bertz CT molecular complexity index is 910. The Morgan fingerprint density at radius 2 is 2.12 bits per heavy atom. The lowest BCUT2D eigenvalue weighted by Crippen LogP contribution is -2.23. The van der Waals surface area contributed by atoms with Gasteiger partial charge in [-0.2, -0.15) is 10.4 Å². The number of carbonyl (C=O) groups is 1. The third-order valence-electron chi connectivity index (χ3n) is 3.92. The molecule has 1 aromatic carbocycles. The molecule has 1 aliphatic carbocycles. The van der Waals surface area contributed by atoms with E-state index in [0.29, 0.717) is 11.3 Å². The molecule has 1 aliphatic rings. The molecule has 0 atom stereocenters. The SMILES string of the molecule is N#C/C(=C\c1ccccc1O)C(=O)N/N=C1\CCCc2cccnc21. The van der Waals surface area contributed by atoms with Gasteiger partial charge in [0, 0.05) is 11.8 Å². The summed E-state index contributed by atoms with van der Waals surface area (Å²) < 4.78 is 0. The van der Waals surface area contributed by atoms with E-state index in [2.05, 4.69) is 15.5 Å². The number of pyridine rings is 1. The number of phenolic OH excluding ortho intramolecular Hbond substituents is 1. The second kappa shape index (κ2) is 7.41. The van der Waals surface area contributed by atoms with Gasteiger partial charge in [0.25, 0.3) is 5.91 Å². The Morgan fingerprint density at radius 1 is 1.28 bits per heavy atom. The molecule has 0 fully saturated rings. The van der Waals surface area contributed by atoms with Gasteiger partial charge in [0.1, 0.15) is 17.4 Å². The first-order valence-electron chi connectivity index (χ1n) is 7.90. The van der Waals surface area contributed by atoms with Crippen molar-refractivity contribution in [3.05, 3.63) is 65.0 Å². The van der Waals surface area contributed by atoms with Crippen molar-refractivity contribution in [3.63, 3.8) is 0 Å². The van der Waals surface area contributed by atoms with Crippen LogP contribution in [0.4, 0.5) is 0 Å². The number of hydrazone groups is 1. The van der Waals surface area contributed by atoms with Crippen molar-refractivity contribution < 1.29 is 9.90 Å². The fraction of sp³-hybridized carbons (Fsp3) is 0.158. The minimum Gasteiger partial charge on any atom is -0.507 e. The third kappa shape index (κ3) is 3.72. The minimum absolute atomic E-state index is 0.000211. The molecule has 6 heteroatoms. The molecule has 0 unspecified atom stereocenters. The summed E-state index contributed by atoms with van der Waals surface area (Å²) >= 11 is 0. The molecule has 0 saturated heterocycles. The molecule has 0 aliphatic heterocycles. The minimum atomic E-state index is -0.624. The topological polar surface area (TPSA) is 98.4 Å². The summed E-state index contributed by atoms with van der Waals surface area (Å²) in [6.07, 6.45) is 5.62. The maximum Gasteiger partial charge on any atom is 0.282 e. The van der Waals surface area contributed by atoms with Crippen LogP contribution in [0.3, 0.4) is 0 Å². The maximum absolute atomic E-state index is 12.2. The van der Waals surface area contributed by atoms with Gasteiger partial charge in [-0.1, -0.05) is 24.3 Å². The molecule has 124 valence electrons. The molecule has 2 N–H and O–H groups in total. The van der Waals surface area contributed by atoms with Gasteiger partial charge in [0.15, 0.2) is 0 Å². The standard InChI is InChI=1S/C19H16N4O2/c20-12-15(11-14-5-1-2-9-17(14)24)19(25)23-22-16-8-3-6-13-7-4-10-21-18(13)16/h1-2,4-5,7,9-11,24H,3,6,8H2,(H,23,25)/b15-11+,22-16+. The van der Waals surface area contributed by atoms with Gasteiger partial charge in [-0.3, -0.25) is 9.78 Å². The van der Waals surface area contributed by atoms with Crippen LogP contribution < -0.4 is 5.43 Å². The van der Waals surface area contributed by atoms with Gasteiger partial charge in [-0.25, -0.2) is 5.43 Å². The second-order valence-electron chi connectivity index (χ2n) is 5.59.